The molecule has 1 aliphatic carbocycles. The van der Waals surface area contributed by atoms with Gasteiger partial charge in [0.25, 0.3) is 0 Å². The fourth-order valence-corrected chi connectivity index (χ4v) is 2.95. The summed E-state index contributed by atoms with van der Waals surface area (Å²) in [5.41, 5.74) is 1.56. The molecule has 0 radical (unpaired) electrons. The smallest absolute Gasteiger partial charge is 0.0717 e. The summed E-state index contributed by atoms with van der Waals surface area (Å²) in [6.45, 7) is 6.45. The summed E-state index contributed by atoms with van der Waals surface area (Å²) in [5.74, 6) is 1.30. The van der Waals surface area contributed by atoms with E-state index in [1.807, 2.05) is 18.2 Å². The Morgan fingerprint density at radius 1 is 1.22 bits per heavy atom. The molecule has 2 atom stereocenters. The number of benzene rings is 1. The third-order valence-electron chi connectivity index (χ3n) is 4.58. The molecule has 0 heterocycles. The van der Waals surface area contributed by atoms with Gasteiger partial charge in [-0.05, 0) is 35.7 Å². The maximum absolute atomic E-state index is 9.01. The van der Waals surface area contributed by atoms with E-state index in [2.05, 4.69) is 26.0 Å². The molecule has 1 aromatic carbocycles. The molecular formula is C16H24O2. The summed E-state index contributed by atoms with van der Waals surface area (Å²) >= 11 is 0. The number of rotatable bonds is 6. The zero-order chi connectivity index (χ0) is 13.0. The van der Waals surface area contributed by atoms with Crippen LogP contribution in [-0.4, -0.2) is 18.3 Å². The van der Waals surface area contributed by atoms with E-state index in [9.17, 15) is 0 Å². The standard InChI is InChI=1S/C16H24O2/c1-16(2)14(8-9-17)10-15(16)12-18-11-13-6-4-3-5-7-13/h3-7,14-15,17H,8-12H2,1-2H3/t14-,15-/m0/s1. The molecule has 1 N–H and O–H groups in total. The molecule has 0 aliphatic heterocycles. The second-order valence-corrected chi connectivity index (χ2v) is 5.96. The molecule has 1 aliphatic rings. The predicted octanol–water partition coefficient (Wildman–Crippen LogP) is 3.25. The highest BCUT2D eigenvalue weighted by atomic mass is 16.5. The van der Waals surface area contributed by atoms with Gasteiger partial charge in [-0.2, -0.15) is 0 Å². The third-order valence-corrected chi connectivity index (χ3v) is 4.58. The molecule has 1 fully saturated rings. The van der Waals surface area contributed by atoms with E-state index < -0.39 is 0 Å². The highest BCUT2D eigenvalue weighted by Gasteiger charge is 2.47. The first-order valence-electron chi connectivity index (χ1n) is 6.87. The maximum Gasteiger partial charge on any atom is 0.0717 e. The molecule has 0 unspecified atom stereocenters. The van der Waals surface area contributed by atoms with Gasteiger partial charge in [-0.3, -0.25) is 0 Å². The van der Waals surface area contributed by atoms with Crippen LogP contribution in [0.4, 0.5) is 0 Å². The molecule has 0 saturated heterocycles. The number of hydrogen-bond acceptors (Lipinski definition) is 2. The molecule has 2 nitrogen and oxygen atoms in total. The topological polar surface area (TPSA) is 29.5 Å². The quantitative estimate of drug-likeness (QED) is 0.837. The number of aliphatic hydroxyl groups excluding tert-OH is 1. The van der Waals surface area contributed by atoms with Crippen molar-refractivity contribution < 1.29 is 9.84 Å². The lowest BCUT2D eigenvalue weighted by Crippen LogP contribution is -2.47. The Labute approximate surface area is 110 Å². The molecule has 1 aromatic rings. The normalized spacial score (nSPS) is 25.7. The van der Waals surface area contributed by atoms with Crippen LogP contribution in [0.15, 0.2) is 30.3 Å². The summed E-state index contributed by atoms with van der Waals surface area (Å²) < 4.78 is 5.82. The van der Waals surface area contributed by atoms with Crippen molar-refractivity contribution in [3.05, 3.63) is 35.9 Å². The lowest BCUT2D eigenvalue weighted by Gasteiger charge is -2.52. The van der Waals surface area contributed by atoms with Crippen LogP contribution in [0.2, 0.25) is 0 Å². The first-order chi connectivity index (χ1) is 8.64. The lowest BCUT2D eigenvalue weighted by atomic mass is 9.54. The van der Waals surface area contributed by atoms with Crippen LogP contribution in [0.5, 0.6) is 0 Å². The van der Waals surface area contributed by atoms with Crippen molar-refractivity contribution in [2.75, 3.05) is 13.2 Å². The second-order valence-electron chi connectivity index (χ2n) is 5.96. The Kier molecular flexibility index (Phi) is 4.41. The molecule has 2 rings (SSSR count). The van der Waals surface area contributed by atoms with Gasteiger partial charge in [0, 0.05) is 6.61 Å². The largest absolute Gasteiger partial charge is 0.396 e. The second kappa shape index (κ2) is 5.85. The minimum Gasteiger partial charge on any atom is -0.396 e. The Bertz CT molecular complexity index is 359. The van der Waals surface area contributed by atoms with Gasteiger partial charge in [0.05, 0.1) is 13.2 Å². The third kappa shape index (κ3) is 2.93. The number of aliphatic hydroxyl groups is 1. The van der Waals surface area contributed by atoms with Gasteiger partial charge in [-0.25, -0.2) is 0 Å². The first kappa shape index (κ1) is 13.6. The van der Waals surface area contributed by atoms with E-state index in [4.69, 9.17) is 9.84 Å². The minimum atomic E-state index is 0.311. The zero-order valence-corrected chi connectivity index (χ0v) is 11.4. The van der Waals surface area contributed by atoms with Gasteiger partial charge in [-0.1, -0.05) is 44.2 Å². The number of ether oxygens (including phenoxy) is 1. The van der Waals surface area contributed by atoms with Crippen molar-refractivity contribution in [3.8, 4) is 0 Å². The van der Waals surface area contributed by atoms with E-state index >= 15 is 0 Å². The van der Waals surface area contributed by atoms with Crippen molar-refractivity contribution in [2.24, 2.45) is 17.3 Å². The average molecular weight is 248 g/mol. The van der Waals surface area contributed by atoms with Crippen LogP contribution < -0.4 is 0 Å². The molecule has 2 heteroatoms. The van der Waals surface area contributed by atoms with Gasteiger partial charge >= 0.3 is 0 Å². The maximum atomic E-state index is 9.01. The van der Waals surface area contributed by atoms with Crippen LogP contribution in [0.25, 0.3) is 0 Å². The van der Waals surface area contributed by atoms with Crippen LogP contribution >= 0.6 is 0 Å². The lowest BCUT2D eigenvalue weighted by molar-refractivity contribution is -0.0823. The summed E-state index contributed by atoms with van der Waals surface area (Å²) in [5, 5.41) is 9.01. The van der Waals surface area contributed by atoms with Gasteiger partial charge in [0.1, 0.15) is 0 Å². The minimum absolute atomic E-state index is 0.311. The van der Waals surface area contributed by atoms with Crippen LogP contribution in [0.1, 0.15) is 32.3 Å². The SMILES string of the molecule is CC1(C)[C@H](COCc2ccccc2)C[C@@H]1CCO. The van der Waals surface area contributed by atoms with Crippen molar-refractivity contribution >= 4 is 0 Å². The fourth-order valence-electron chi connectivity index (χ4n) is 2.95. The van der Waals surface area contributed by atoms with E-state index in [1.54, 1.807) is 0 Å². The van der Waals surface area contributed by atoms with Crippen molar-refractivity contribution in [2.45, 2.75) is 33.3 Å². The molecule has 0 bridgehead atoms. The highest BCUT2D eigenvalue weighted by Crippen LogP contribution is 2.52. The summed E-state index contributed by atoms with van der Waals surface area (Å²) in [4.78, 5) is 0. The molecular weight excluding hydrogens is 224 g/mol. The van der Waals surface area contributed by atoms with Gasteiger partial charge in [0.15, 0.2) is 0 Å². The van der Waals surface area contributed by atoms with Gasteiger partial charge in [-0.15, -0.1) is 0 Å². The van der Waals surface area contributed by atoms with Crippen molar-refractivity contribution in [1.29, 1.82) is 0 Å². The number of hydrogen-bond donors (Lipinski definition) is 1. The summed E-state index contributed by atoms with van der Waals surface area (Å²) in [6.07, 6.45) is 2.13. The van der Waals surface area contributed by atoms with Crippen LogP contribution in [0.3, 0.4) is 0 Å². The average Bonchev–Trinajstić information content (AvgIpc) is 2.38. The monoisotopic (exact) mass is 248 g/mol. The summed E-state index contributed by atoms with van der Waals surface area (Å²) in [7, 11) is 0. The Morgan fingerprint density at radius 2 is 1.94 bits per heavy atom. The molecule has 18 heavy (non-hydrogen) atoms. The predicted molar refractivity (Wildman–Crippen MR) is 73.2 cm³/mol. The van der Waals surface area contributed by atoms with E-state index in [1.165, 1.54) is 12.0 Å². The van der Waals surface area contributed by atoms with Crippen LogP contribution in [-0.2, 0) is 11.3 Å². The molecule has 0 aromatic heterocycles. The van der Waals surface area contributed by atoms with Crippen molar-refractivity contribution in [3.63, 3.8) is 0 Å². The zero-order valence-electron chi connectivity index (χ0n) is 11.4. The molecule has 0 spiro atoms. The Morgan fingerprint density at radius 3 is 2.56 bits per heavy atom. The van der Waals surface area contributed by atoms with E-state index in [0.717, 1.165) is 13.0 Å². The Hall–Kier alpha value is -0.860. The van der Waals surface area contributed by atoms with E-state index in [0.29, 0.717) is 30.5 Å². The first-order valence-corrected chi connectivity index (χ1v) is 6.87. The van der Waals surface area contributed by atoms with Gasteiger partial charge < -0.3 is 9.84 Å². The Balaban J connectivity index is 1.73. The molecule has 1 saturated carbocycles. The van der Waals surface area contributed by atoms with Crippen LogP contribution in [0, 0.1) is 17.3 Å². The summed E-state index contributed by atoms with van der Waals surface area (Å²) in [6, 6.07) is 10.3. The van der Waals surface area contributed by atoms with Gasteiger partial charge in [0.2, 0.25) is 0 Å². The van der Waals surface area contributed by atoms with Crippen molar-refractivity contribution in [1.82, 2.24) is 0 Å². The van der Waals surface area contributed by atoms with E-state index in [-0.39, 0.29) is 0 Å². The fraction of sp³-hybridized carbons (Fsp3) is 0.625. The molecule has 100 valence electrons. The highest BCUT2D eigenvalue weighted by molar-refractivity contribution is 5.13. The molecule has 0 amide bonds.